The molecule has 14 heteroatoms. The van der Waals surface area contributed by atoms with Gasteiger partial charge in [-0.25, -0.2) is 0 Å². The molecule has 22 heavy (non-hydrogen) atoms. The summed E-state index contributed by atoms with van der Waals surface area (Å²) in [5.74, 6) is -44.0. The molecule has 1 saturated carbocycles. The molecular weight excluding hydrogens is 356 g/mol. The topological polar surface area (TPSA) is 18.5 Å². The molecule has 2 unspecified atom stereocenters. The van der Waals surface area contributed by atoms with E-state index in [1.54, 1.807) is 0 Å². The highest BCUT2D eigenvalue weighted by atomic mass is 19.4. The molecule has 2 aliphatic rings. The molecule has 0 radical (unpaired) electrons. The SMILES string of the molecule is FC(F)=C1OC2(F)C(F)(F)C(F)(F)C(F)(F)C(F)(F)C2(F)O1. The quantitative estimate of drug-likeness (QED) is 0.612. The molecule has 0 aromatic carbocycles. The van der Waals surface area contributed by atoms with Gasteiger partial charge < -0.3 is 9.47 Å². The van der Waals surface area contributed by atoms with E-state index in [1.165, 1.54) is 0 Å². The highest BCUT2D eigenvalue weighted by Crippen LogP contribution is 2.72. The summed E-state index contributed by atoms with van der Waals surface area (Å²) < 4.78 is 161. The first-order valence-corrected chi connectivity index (χ1v) is 4.83. The maximum Gasteiger partial charge on any atom is 0.397 e. The normalized spacial score (nSPS) is 40.5. The Kier molecular flexibility index (Phi) is 2.83. The average Bonchev–Trinajstić information content (AvgIpc) is 2.63. The van der Waals surface area contributed by atoms with Gasteiger partial charge in [-0.2, -0.15) is 52.7 Å². The summed E-state index contributed by atoms with van der Waals surface area (Å²) >= 11 is 0. The van der Waals surface area contributed by atoms with E-state index in [2.05, 4.69) is 9.47 Å². The first kappa shape index (κ1) is 16.9. The number of halogens is 12. The van der Waals surface area contributed by atoms with Gasteiger partial charge >= 0.3 is 47.4 Å². The van der Waals surface area contributed by atoms with Crippen LogP contribution in [0, 0.1) is 0 Å². The summed E-state index contributed by atoms with van der Waals surface area (Å²) in [5, 5.41) is 0. The van der Waals surface area contributed by atoms with Gasteiger partial charge in [-0.15, -0.1) is 0 Å². The van der Waals surface area contributed by atoms with Gasteiger partial charge in [0, 0.05) is 0 Å². The van der Waals surface area contributed by atoms with Crippen molar-refractivity contribution in [2.75, 3.05) is 0 Å². The Labute approximate surface area is 111 Å². The standard InChI is InChI=1S/C8F12O2/c9-1(10)2-21-7(19)5(15,16)3(11,12)4(13,14)6(17,18)8(7,20)22-2. The minimum atomic E-state index is -7.20. The van der Waals surface area contributed by atoms with Crippen molar-refractivity contribution in [3.63, 3.8) is 0 Å². The molecule has 2 atom stereocenters. The number of alkyl halides is 10. The smallest absolute Gasteiger partial charge is 0.397 e. The fourth-order valence-corrected chi connectivity index (χ4v) is 1.81. The van der Waals surface area contributed by atoms with E-state index >= 15 is 0 Å². The number of ether oxygens (including phenoxy) is 2. The number of hydrogen-bond donors (Lipinski definition) is 0. The Bertz CT molecular complexity index is 509. The molecule has 0 spiro atoms. The second kappa shape index (κ2) is 3.69. The van der Waals surface area contributed by atoms with Crippen molar-refractivity contribution < 1.29 is 62.2 Å². The Morgan fingerprint density at radius 3 is 1.05 bits per heavy atom. The Morgan fingerprint density at radius 1 is 0.545 bits per heavy atom. The van der Waals surface area contributed by atoms with Crippen molar-refractivity contribution in [2.24, 2.45) is 0 Å². The fraction of sp³-hybridized carbons (Fsp3) is 0.750. The lowest BCUT2D eigenvalue weighted by atomic mass is 9.78. The van der Waals surface area contributed by atoms with Crippen molar-refractivity contribution >= 4 is 0 Å². The highest BCUT2D eigenvalue weighted by Gasteiger charge is 3.05. The summed E-state index contributed by atoms with van der Waals surface area (Å²) in [6.07, 6.45) is -3.53. The third kappa shape index (κ3) is 1.28. The van der Waals surface area contributed by atoms with Gasteiger partial charge in [-0.05, 0) is 0 Å². The van der Waals surface area contributed by atoms with Crippen LogP contribution < -0.4 is 0 Å². The monoisotopic (exact) mass is 356 g/mol. The van der Waals surface area contributed by atoms with E-state index < -0.39 is 47.4 Å². The van der Waals surface area contributed by atoms with Gasteiger partial charge in [-0.1, -0.05) is 0 Å². The van der Waals surface area contributed by atoms with Crippen molar-refractivity contribution in [3.05, 3.63) is 12.0 Å². The first-order valence-electron chi connectivity index (χ1n) is 4.83. The maximum absolute atomic E-state index is 13.7. The largest absolute Gasteiger partial charge is 0.412 e. The third-order valence-electron chi connectivity index (χ3n) is 3.03. The molecule has 1 aliphatic heterocycles. The molecule has 1 heterocycles. The van der Waals surface area contributed by atoms with Crippen LogP contribution in [0.5, 0.6) is 0 Å². The predicted molar refractivity (Wildman–Crippen MR) is 38.9 cm³/mol. The molecule has 1 saturated heterocycles. The molecule has 0 bridgehead atoms. The van der Waals surface area contributed by atoms with Crippen LogP contribution in [-0.2, 0) is 9.47 Å². The maximum atomic E-state index is 13.7. The van der Waals surface area contributed by atoms with Crippen LogP contribution in [-0.4, -0.2) is 35.4 Å². The molecule has 128 valence electrons. The second-order valence-electron chi connectivity index (χ2n) is 4.24. The third-order valence-corrected chi connectivity index (χ3v) is 3.03. The first-order chi connectivity index (χ1) is 9.51. The van der Waals surface area contributed by atoms with Crippen LogP contribution in [0.2, 0.25) is 0 Å². The number of fused-ring (bicyclic) bond motifs is 1. The van der Waals surface area contributed by atoms with Crippen molar-refractivity contribution in [1.29, 1.82) is 0 Å². The average molecular weight is 356 g/mol. The Balaban J connectivity index is 2.85. The highest BCUT2D eigenvalue weighted by molar-refractivity contribution is 5.27. The summed E-state index contributed by atoms with van der Waals surface area (Å²) in [4.78, 5) is 0. The fourth-order valence-electron chi connectivity index (χ4n) is 1.81. The van der Waals surface area contributed by atoms with Crippen molar-refractivity contribution in [1.82, 2.24) is 0 Å². The molecule has 0 N–H and O–H groups in total. The van der Waals surface area contributed by atoms with Gasteiger partial charge in [0.1, 0.15) is 0 Å². The molecule has 2 fully saturated rings. The zero-order chi connectivity index (χ0) is 17.6. The predicted octanol–water partition coefficient (Wildman–Crippen LogP) is 3.99. The molecule has 0 aromatic heterocycles. The zero-order valence-electron chi connectivity index (χ0n) is 9.35. The molecule has 2 nitrogen and oxygen atoms in total. The molecular formula is C8F12O2. The van der Waals surface area contributed by atoms with Gasteiger partial charge in [-0.3, -0.25) is 0 Å². The van der Waals surface area contributed by atoms with Crippen LogP contribution >= 0.6 is 0 Å². The van der Waals surface area contributed by atoms with Crippen LogP contribution in [0.1, 0.15) is 0 Å². The van der Waals surface area contributed by atoms with Gasteiger partial charge in [0.2, 0.25) is 0 Å². The van der Waals surface area contributed by atoms with E-state index in [0.717, 1.165) is 0 Å². The minimum Gasteiger partial charge on any atom is -0.412 e. The van der Waals surface area contributed by atoms with Crippen LogP contribution in [0.15, 0.2) is 12.0 Å². The summed E-state index contributed by atoms with van der Waals surface area (Å²) in [7, 11) is 0. The van der Waals surface area contributed by atoms with E-state index in [4.69, 9.17) is 0 Å². The van der Waals surface area contributed by atoms with Crippen molar-refractivity contribution in [3.8, 4) is 0 Å². The summed E-state index contributed by atoms with van der Waals surface area (Å²) in [6, 6.07) is 0. The van der Waals surface area contributed by atoms with Crippen LogP contribution in [0.4, 0.5) is 52.7 Å². The van der Waals surface area contributed by atoms with E-state index in [9.17, 15) is 52.7 Å². The summed E-state index contributed by atoms with van der Waals surface area (Å²) in [6.45, 7) is 0. The lowest BCUT2D eigenvalue weighted by Crippen LogP contribution is -2.84. The molecule has 0 amide bonds. The minimum absolute atomic E-state index is 2.72. The lowest BCUT2D eigenvalue weighted by Gasteiger charge is -2.49. The lowest BCUT2D eigenvalue weighted by molar-refractivity contribution is -0.507. The van der Waals surface area contributed by atoms with E-state index in [1.807, 2.05) is 0 Å². The van der Waals surface area contributed by atoms with Crippen molar-refractivity contribution in [2.45, 2.75) is 35.4 Å². The summed E-state index contributed by atoms with van der Waals surface area (Å²) in [5.41, 5.74) is 0. The van der Waals surface area contributed by atoms with Gasteiger partial charge in [0.25, 0.3) is 0 Å². The van der Waals surface area contributed by atoms with E-state index in [0.29, 0.717) is 0 Å². The molecule has 0 aromatic rings. The zero-order valence-corrected chi connectivity index (χ0v) is 9.35. The second-order valence-corrected chi connectivity index (χ2v) is 4.24. The van der Waals surface area contributed by atoms with Crippen LogP contribution in [0.3, 0.4) is 0 Å². The van der Waals surface area contributed by atoms with Crippen LogP contribution in [0.25, 0.3) is 0 Å². The molecule has 1 aliphatic carbocycles. The van der Waals surface area contributed by atoms with E-state index in [-0.39, 0.29) is 0 Å². The molecule has 2 rings (SSSR count). The van der Waals surface area contributed by atoms with Gasteiger partial charge in [0.05, 0.1) is 0 Å². The number of hydrogen-bond acceptors (Lipinski definition) is 2. The van der Waals surface area contributed by atoms with Gasteiger partial charge in [0.15, 0.2) is 0 Å². The number of rotatable bonds is 0. The Hall–Kier alpha value is -1.50. The Morgan fingerprint density at radius 2 is 0.818 bits per heavy atom.